The first-order valence-corrected chi connectivity index (χ1v) is 8.08. The maximum Gasteiger partial charge on any atom is 0.249 e. The number of rotatable bonds is 4. The molecule has 25 heavy (non-hydrogen) atoms. The van der Waals surface area contributed by atoms with E-state index in [0.29, 0.717) is 11.0 Å². The molecule has 2 aromatic heterocycles. The fourth-order valence-corrected chi connectivity index (χ4v) is 3.11. The van der Waals surface area contributed by atoms with Crippen molar-refractivity contribution in [3.05, 3.63) is 54.6 Å². The van der Waals surface area contributed by atoms with Crippen molar-refractivity contribution in [2.75, 3.05) is 5.32 Å². The van der Waals surface area contributed by atoms with E-state index in [1.165, 1.54) is 16.1 Å². The smallest absolute Gasteiger partial charge is 0.249 e. The minimum atomic E-state index is -0.244. The number of nitrogens with zero attached hydrogens (tertiary/aromatic N) is 5. The lowest BCUT2D eigenvalue weighted by atomic mass is 10.2. The van der Waals surface area contributed by atoms with Gasteiger partial charge in [0, 0.05) is 5.56 Å². The number of carbonyl (C=O) groups is 1. The van der Waals surface area contributed by atoms with E-state index >= 15 is 0 Å². The molecule has 0 unspecified atom stereocenters. The van der Waals surface area contributed by atoms with Crippen LogP contribution in [0.25, 0.3) is 21.6 Å². The van der Waals surface area contributed by atoms with E-state index in [-0.39, 0.29) is 24.9 Å². The highest BCUT2D eigenvalue weighted by molar-refractivity contribution is 7.22. The van der Waals surface area contributed by atoms with Crippen LogP contribution >= 0.6 is 23.7 Å². The highest BCUT2D eigenvalue weighted by Crippen LogP contribution is 2.25. The molecule has 2 heterocycles. The Morgan fingerprint density at radius 1 is 1.08 bits per heavy atom. The van der Waals surface area contributed by atoms with Gasteiger partial charge >= 0.3 is 0 Å². The predicted molar refractivity (Wildman–Crippen MR) is 98.8 cm³/mol. The zero-order chi connectivity index (χ0) is 16.4. The van der Waals surface area contributed by atoms with Crippen molar-refractivity contribution in [3.8, 4) is 11.4 Å². The first-order valence-electron chi connectivity index (χ1n) is 7.26. The van der Waals surface area contributed by atoms with Gasteiger partial charge in [0.2, 0.25) is 11.7 Å². The number of para-hydroxylation sites is 1. The lowest BCUT2D eigenvalue weighted by molar-refractivity contribution is -0.117. The molecule has 7 nitrogen and oxygen atoms in total. The van der Waals surface area contributed by atoms with Crippen LogP contribution in [0.4, 0.5) is 5.13 Å². The molecule has 4 aromatic rings. The number of aromatic nitrogens is 5. The fraction of sp³-hybridized carbons (Fsp3) is 0.0625. The van der Waals surface area contributed by atoms with Crippen LogP contribution in [0.1, 0.15) is 0 Å². The van der Waals surface area contributed by atoms with Gasteiger partial charge in [0.1, 0.15) is 6.54 Å². The molecule has 0 saturated heterocycles. The normalized spacial score (nSPS) is 10.4. The molecule has 0 bridgehead atoms. The molecule has 0 atom stereocenters. The molecule has 2 aromatic carbocycles. The Labute approximate surface area is 153 Å². The first-order chi connectivity index (χ1) is 11.8. The number of amides is 1. The number of benzene rings is 2. The van der Waals surface area contributed by atoms with Crippen LogP contribution < -0.4 is 5.32 Å². The Balaban J connectivity index is 0.00000182. The summed E-state index contributed by atoms with van der Waals surface area (Å²) in [5.74, 6) is 0.245. The van der Waals surface area contributed by atoms with Crippen molar-refractivity contribution in [1.82, 2.24) is 25.2 Å². The predicted octanol–water partition coefficient (Wildman–Crippen LogP) is 3.01. The largest absolute Gasteiger partial charge is 0.300 e. The van der Waals surface area contributed by atoms with E-state index in [1.807, 2.05) is 54.6 Å². The number of thiazole rings is 1. The van der Waals surface area contributed by atoms with Crippen LogP contribution in [0.2, 0.25) is 0 Å². The summed E-state index contributed by atoms with van der Waals surface area (Å²) in [5.41, 5.74) is 1.72. The fourth-order valence-electron chi connectivity index (χ4n) is 2.23. The van der Waals surface area contributed by atoms with E-state index in [1.54, 1.807) is 0 Å². The summed E-state index contributed by atoms with van der Waals surface area (Å²) in [4.78, 5) is 17.8. The molecule has 0 aliphatic carbocycles. The number of carbonyl (C=O) groups excluding carboxylic acids is 1. The average molecular weight is 373 g/mol. The summed E-state index contributed by atoms with van der Waals surface area (Å²) in [7, 11) is 0. The Morgan fingerprint density at radius 2 is 1.84 bits per heavy atom. The molecule has 1 amide bonds. The molecule has 0 aliphatic rings. The number of fused-ring (bicyclic) bond motifs is 1. The van der Waals surface area contributed by atoms with Gasteiger partial charge in [-0.2, -0.15) is 4.80 Å². The van der Waals surface area contributed by atoms with E-state index < -0.39 is 0 Å². The lowest BCUT2D eigenvalue weighted by Crippen LogP contribution is -2.20. The van der Waals surface area contributed by atoms with E-state index in [4.69, 9.17) is 0 Å². The minimum Gasteiger partial charge on any atom is -0.300 e. The van der Waals surface area contributed by atoms with Gasteiger partial charge in [-0.25, -0.2) is 4.98 Å². The molecule has 9 heteroatoms. The summed E-state index contributed by atoms with van der Waals surface area (Å²) < 4.78 is 1.03. The van der Waals surface area contributed by atoms with Crippen molar-refractivity contribution in [1.29, 1.82) is 0 Å². The minimum absolute atomic E-state index is 0. The average Bonchev–Trinajstić information content (AvgIpc) is 3.21. The van der Waals surface area contributed by atoms with Crippen molar-refractivity contribution >= 4 is 45.0 Å². The number of halogens is 1. The molecular formula is C16H13ClN6OS. The van der Waals surface area contributed by atoms with Gasteiger partial charge in [0.05, 0.1) is 10.2 Å². The first kappa shape index (κ1) is 17.0. The number of anilines is 1. The van der Waals surface area contributed by atoms with Crippen molar-refractivity contribution < 1.29 is 4.79 Å². The molecular weight excluding hydrogens is 360 g/mol. The maximum absolute atomic E-state index is 12.1. The third-order valence-electron chi connectivity index (χ3n) is 3.31. The van der Waals surface area contributed by atoms with Gasteiger partial charge in [-0.1, -0.05) is 53.8 Å². The molecule has 1 N–H and O–H groups in total. The molecule has 0 spiro atoms. The van der Waals surface area contributed by atoms with Gasteiger partial charge in [-0.3, -0.25) is 4.79 Å². The molecule has 0 aliphatic heterocycles. The highest BCUT2D eigenvalue weighted by Gasteiger charge is 2.11. The summed E-state index contributed by atoms with van der Waals surface area (Å²) in [6.07, 6.45) is 0. The van der Waals surface area contributed by atoms with Crippen LogP contribution in [-0.2, 0) is 11.3 Å². The maximum atomic E-state index is 12.1. The van der Waals surface area contributed by atoms with E-state index in [9.17, 15) is 4.79 Å². The monoisotopic (exact) mass is 372 g/mol. The second-order valence-electron chi connectivity index (χ2n) is 5.04. The third-order valence-corrected chi connectivity index (χ3v) is 4.26. The summed E-state index contributed by atoms with van der Waals surface area (Å²) >= 11 is 1.43. The zero-order valence-electron chi connectivity index (χ0n) is 12.9. The van der Waals surface area contributed by atoms with Gasteiger partial charge in [0.25, 0.3) is 0 Å². The van der Waals surface area contributed by atoms with Crippen molar-refractivity contribution in [2.45, 2.75) is 6.54 Å². The molecule has 4 rings (SSSR count). The quantitative estimate of drug-likeness (QED) is 0.595. The van der Waals surface area contributed by atoms with Gasteiger partial charge in [-0.05, 0) is 17.3 Å². The Hall–Kier alpha value is -2.84. The number of hydrogen-bond acceptors (Lipinski definition) is 6. The molecule has 0 saturated carbocycles. The second-order valence-corrected chi connectivity index (χ2v) is 6.08. The topological polar surface area (TPSA) is 85.6 Å². The van der Waals surface area contributed by atoms with E-state index in [0.717, 1.165) is 15.8 Å². The van der Waals surface area contributed by atoms with Gasteiger partial charge < -0.3 is 5.32 Å². The van der Waals surface area contributed by atoms with Crippen molar-refractivity contribution in [3.63, 3.8) is 0 Å². The number of tetrazole rings is 1. The Morgan fingerprint density at radius 3 is 2.64 bits per heavy atom. The van der Waals surface area contributed by atoms with Crippen LogP contribution in [0.3, 0.4) is 0 Å². The molecule has 126 valence electrons. The van der Waals surface area contributed by atoms with Crippen LogP contribution in [0.15, 0.2) is 54.6 Å². The SMILES string of the molecule is Cl.O=C(Cn1nnc(-c2ccccc2)n1)Nc1nc2ccccc2s1. The van der Waals surface area contributed by atoms with Crippen LogP contribution in [-0.4, -0.2) is 31.1 Å². The number of hydrogen-bond donors (Lipinski definition) is 1. The highest BCUT2D eigenvalue weighted by atomic mass is 35.5. The van der Waals surface area contributed by atoms with Gasteiger partial charge in [-0.15, -0.1) is 22.6 Å². The van der Waals surface area contributed by atoms with Crippen LogP contribution in [0.5, 0.6) is 0 Å². The van der Waals surface area contributed by atoms with Crippen molar-refractivity contribution in [2.24, 2.45) is 0 Å². The second kappa shape index (κ2) is 7.37. The Kier molecular flexibility index (Phi) is 5.01. The summed E-state index contributed by atoms with van der Waals surface area (Å²) in [6, 6.07) is 17.2. The summed E-state index contributed by atoms with van der Waals surface area (Å²) in [6.45, 7) is -0.0181. The standard InChI is InChI=1S/C16H12N6OS.ClH/c23-14(18-16-17-12-8-4-5-9-13(12)24-16)10-22-20-15(19-21-22)11-6-2-1-3-7-11;/h1-9H,10H2,(H,17,18,23);1H. The third kappa shape index (κ3) is 3.81. The lowest BCUT2D eigenvalue weighted by Gasteiger charge is -1.99. The Bertz CT molecular complexity index is 967. The molecule has 0 radical (unpaired) electrons. The van der Waals surface area contributed by atoms with Crippen LogP contribution in [0, 0.1) is 0 Å². The summed E-state index contributed by atoms with van der Waals surface area (Å²) in [5, 5.41) is 15.4. The number of nitrogens with one attached hydrogen (secondary N) is 1. The molecule has 0 fully saturated rings. The van der Waals surface area contributed by atoms with E-state index in [2.05, 4.69) is 25.7 Å². The van der Waals surface area contributed by atoms with Gasteiger partial charge in [0.15, 0.2) is 5.13 Å². The zero-order valence-corrected chi connectivity index (χ0v) is 14.5.